The topological polar surface area (TPSA) is 57.5 Å². The monoisotopic (exact) mass is 464 g/mol. The van der Waals surface area contributed by atoms with Gasteiger partial charge in [0.25, 0.3) is 0 Å². The van der Waals surface area contributed by atoms with Gasteiger partial charge in [0.05, 0.1) is 0 Å². The molecular weight excluding hydrogens is 445 g/mol. The van der Waals surface area contributed by atoms with Crippen molar-refractivity contribution in [1.82, 2.24) is 0 Å². The molecule has 2 aromatic rings. The Morgan fingerprint density at radius 1 is 1.15 bits per heavy atom. The van der Waals surface area contributed by atoms with Gasteiger partial charge in [0.2, 0.25) is 0 Å². The first kappa shape index (κ1) is 21.6. The highest BCUT2D eigenvalue weighted by atomic mass is 79.9. The molecule has 1 unspecified atom stereocenters. The zero-order valence-electron chi connectivity index (χ0n) is 14.1. The summed E-state index contributed by atoms with van der Waals surface area (Å²) in [6.45, 7) is 2.12. The molecule has 0 amide bonds. The molecule has 142 valence electrons. The predicted molar refractivity (Wildman–Crippen MR) is 106 cm³/mol. The van der Waals surface area contributed by atoms with Crippen LogP contribution in [0, 0.1) is 0 Å². The second-order valence-electron chi connectivity index (χ2n) is 6.05. The molecule has 26 heavy (non-hydrogen) atoms. The van der Waals surface area contributed by atoms with Crippen LogP contribution in [0.25, 0.3) is 0 Å². The highest BCUT2D eigenvalue weighted by molar-refractivity contribution is 9.10. The molecule has 0 aliphatic rings. The van der Waals surface area contributed by atoms with E-state index in [1.54, 1.807) is 11.8 Å². The van der Waals surface area contributed by atoms with Crippen LogP contribution in [0.1, 0.15) is 30.0 Å². The maximum atomic E-state index is 13.8. The van der Waals surface area contributed by atoms with Crippen LogP contribution < -0.4 is 0 Å². The Kier molecular flexibility index (Phi) is 7.45. The molecule has 2 N–H and O–H groups in total. The lowest BCUT2D eigenvalue weighted by atomic mass is 10.1. The van der Waals surface area contributed by atoms with Crippen molar-refractivity contribution in [2.45, 2.75) is 36.4 Å². The largest absolute Gasteiger partial charge is 0.399 e. The number of hydrogen-bond donors (Lipinski definition) is 2. The second-order valence-corrected chi connectivity index (χ2v) is 9.98. The average molecular weight is 465 g/mol. The lowest BCUT2D eigenvalue weighted by molar-refractivity contribution is 0.0557. The summed E-state index contributed by atoms with van der Waals surface area (Å²) in [5.41, 5.74) is -2.80. The van der Waals surface area contributed by atoms with Crippen LogP contribution in [0.15, 0.2) is 53.0 Å². The molecule has 0 spiro atoms. The van der Waals surface area contributed by atoms with Gasteiger partial charge in [-0.15, -0.1) is 0 Å². The van der Waals surface area contributed by atoms with E-state index in [-0.39, 0.29) is 4.47 Å². The third-order valence-corrected chi connectivity index (χ3v) is 6.87. The van der Waals surface area contributed by atoms with Gasteiger partial charge in [0.1, 0.15) is 0 Å². The van der Waals surface area contributed by atoms with Gasteiger partial charge in [-0.25, -0.2) is 0 Å². The van der Waals surface area contributed by atoms with Gasteiger partial charge >= 0.3 is 13.3 Å². The number of thioether (sulfide) groups is 1. The Hall–Kier alpha value is -0.720. The van der Waals surface area contributed by atoms with E-state index in [0.29, 0.717) is 11.0 Å². The SMILES string of the molecule is CC(CCc1ccccc1)SCc1ccc(C(F)(F)P(=O)(O)O)c(Br)c1. The summed E-state index contributed by atoms with van der Waals surface area (Å²) in [4.78, 5) is 17.7. The normalized spacial score (nSPS) is 13.6. The summed E-state index contributed by atoms with van der Waals surface area (Å²) in [6.07, 6.45) is 1.98. The van der Waals surface area contributed by atoms with E-state index < -0.39 is 18.8 Å². The van der Waals surface area contributed by atoms with E-state index in [1.807, 2.05) is 18.2 Å². The molecule has 0 saturated heterocycles. The molecule has 2 rings (SSSR count). The Bertz CT molecular complexity index is 783. The Balaban J connectivity index is 1.94. The fourth-order valence-corrected chi connectivity index (χ4v) is 4.66. The third kappa shape index (κ3) is 5.64. The van der Waals surface area contributed by atoms with E-state index in [2.05, 4.69) is 35.0 Å². The summed E-state index contributed by atoms with van der Waals surface area (Å²) in [5.74, 6) is 0.635. The minimum absolute atomic E-state index is 0.000800. The molecule has 0 bridgehead atoms. The Labute approximate surface area is 164 Å². The highest BCUT2D eigenvalue weighted by Gasteiger charge is 2.51. The van der Waals surface area contributed by atoms with Crippen molar-refractivity contribution in [3.63, 3.8) is 0 Å². The van der Waals surface area contributed by atoms with Gasteiger partial charge in [-0.2, -0.15) is 20.5 Å². The second kappa shape index (κ2) is 8.98. The van der Waals surface area contributed by atoms with Crippen molar-refractivity contribution in [1.29, 1.82) is 0 Å². The molecule has 3 nitrogen and oxygen atoms in total. The number of aryl methyl sites for hydroxylation is 1. The average Bonchev–Trinajstić information content (AvgIpc) is 2.58. The first-order chi connectivity index (χ1) is 12.1. The van der Waals surface area contributed by atoms with Crippen LogP contribution >= 0.6 is 35.3 Å². The predicted octanol–water partition coefficient (Wildman–Crippen LogP) is 5.93. The van der Waals surface area contributed by atoms with Crippen LogP contribution in [0.4, 0.5) is 8.78 Å². The smallest absolute Gasteiger partial charge is 0.320 e. The molecule has 0 aliphatic carbocycles. The molecule has 0 aliphatic heterocycles. The number of hydrogen-bond acceptors (Lipinski definition) is 2. The summed E-state index contributed by atoms with van der Waals surface area (Å²) in [5, 5.41) is 0.394. The first-order valence-corrected chi connectivity index (χ1v) is 11.4. The van der Waals surface area contributed by atoms with Gasteiger partial charge in [-0.05, 0) is 30.0 Å². The minimum Gasteiger partial charge on any atom is -0.320 e. The molecular formula is C18H20BrF2O3PS. The summed E-state index contributed by atoms with van der Waals surface area (Å²) in [6, 6.07) is 14.3. The van der Waals surface area contributed by atoms with Crippen LogP contribution in [0.3, 0.4) is 0 Å². The summed E-state index contributed by atoms with van der Waals surface area (Å²) >= 11 is 4.73. The fraction of sp³-hybridized carbons (Fsp3) is 0.333. The molecule has 0 aromatic heterocycles. The number of halogens is 3. The standard InChI is InChI=1S/C18H20BrF2O3PS/c1-13(7-8-14-5-3-2-4-6-14)26-12-15-9-10-16(17(19)11-15)18(20,21)25(22,23)24/h2-6,9-11,13H,7-8,12H2,1H3,(H2,22,23,24). The first-order valence-electron chi connectivity index (χ1n) is 7.99. The quantitative estimate of drug-likeness (QED) is 0.475. The van der Waals surface area contributed by atoms with Crippen LogP contribution in [-0.2, 0) is 22.4 Å². The lowest BCUT2D eigenvalue weighted by Crippen LogP contribution is -2.14. The highest BCUT2D eigenvalue weighted by Crippen LogP contribution is 2.60. The van der Waals surface area contributed by atoms with Gasteiger partial charge in [-0.1, -0.05) is 65.3 Å². The maximum Gasteiger partial charge on any atom is 0.399 e. The van der Waals surface area contributed by atoms with Gasteiger partial charge in [0.15, 0.2) is 0 Å². The number of alkyl halides is 2. The van der Waals surface area contributed by atoms with E-state index in [9.17, 15) is 13.3 Å². The van der Waals surface area contributed by atoms with Gasteiger partial charge < -0.3 is 9.79 Å². The summed E-state index contributed by atoms with van der Waals surface area (Å²) in [7, 11) is -5.57. The zero-order chi connectivity index (χ0) is 19.4. The lowest BCUT2D eigenvalue weighted by Gasteiger charge is -2.20. The number of rotatable bonds is 8. The van der Waals surface area contributed by atoms with E-state index in [1.165, 1.54) is 17.7 Å². The van der Waals surface area contributed by atoms with E-state index in [4.69, 9.17) is 9.79 Å². The molecule has 0 radical (unpaired) electrons. The van der Waals surface area contributed by atoms with Crippen LogP contribution in [0.2, 0.25) is 0 Å². The van der Waals surface area contributed by atoms with Crippen molar-refractivity contribution in [2.75, 3.05) is 0 Å². The number of benzene rings is 2. The van der Waals surface area contributed by atoms with E-state index in [0.717, 1.165) is 24.5 Å². The Morgan fingerprint density at radius 3 is 2.38 bits per heavy atom. The van der Waals surface area contributed by atoms with Crippen molar-refractivity contribution in [2.24, 2.45) is 0 Å². The molecule has 0 saturated carbocycles. The minimum atomic E-state index is -5.57. The molecule has 1 atom stereocenters. The van der Waals surface area contributed by atoms with Gasteiger partial charge in [-0.3, -0.25) is 4.57 Å². The zero-order valence-corrected chi connectivity index (χ0v) is 17.4. The molecule has 0 heterocycles. The van der Waals surface area contributed by atoms with Crippen LogP contribution in [-0.4, -0.2) is 15.0 Å². The van der Waals surface area contributed by atoms with Crippen molar-refractivity contribution in [3.8, 4) is 0 Å². The van der Waals surface area contributed by atoms with Crippen molar-refractivity contribution in [3.05, 3.63) is 69.7 Å². The summed E-state index contributed by atoms with van der Waals surface area (Å²) < 4.78 is 38.7. The third-order valence-electron chi connectivity index (χ3n) is 3.94. The molecule has 2 aromatic carbocycles. The van der Waals surface area contributed by atoms with Crippen molar-refractivity contribution < 1.29 is 23.1 Å². The van der Waals surface area contributed by atoms with Crippen molar-refractivity contribution >= 4 is 35.3 Å². The fourth-order valence-electron chi connectivity index (χ4n) is 2.39. The maximum absolute atomic E-state index is 13.8. The molecule has 8 heteroatoms. The molecule has 0 fully saturated rings. The van der Waals surface area contributed by atoms with E-state index >= 15 is 0 Å². The Morgan fingerprint density at radius 2 is 1.81 bits per heavy atom. The van der Waals surface area contributed by atoms with Crippen LogP contribution in [0.5, 0.6) is 0 Å². The van der Waals surface area contributed by atoms with Gasteiger partial charge in [0, 0.05) is 21.0 Å².